The zero-order valence-corrected chi connectivity index (χ0v) is 4.33. The minimum absolute atomic E-state index is 0.556. The predicted molar refractivity (Wildman–Crippen MR) is 22.1 cm³/mol. The Morgan fingerprint density at radius 2 is 1.80 bits per heavy atom. The summed E-state index contributed by atoms with van der Waals surface area (Å²) >= 11 is 0. The Morgan fingerprint density at radius 1 is 1.60 bits per heavy atom. The van der Waals surface area contributed by atoms with E-state index in [4.69, 9.17) is 9.59 Å². The average Bonchev–Trinajstić information content (AvgIpc) is 1.38. The first-order chi connectivity index (χ1) is 2.27. The minimum atomic E-state index is -2.15. The Kier molecular flexibility index (Phi) is 2.44. The molecule has 0 rings (SSSR count). The molecule has 0 amide bonds. The molecule has 0 unspecified atom stereocenters. The van der Waals surface area contributed by atoms with Gasteiger partial charge in [-0.15, -0.1) is 0 Å². The molecule has 0 bridgehead atoms. The lowest BCUT2D eigenvalue weighted by atomic mass is 11.0. The van der Waals surface area contributed by atoms with Crippen molar-refractivity contribution in [3.63, 3.8) is 0 Å². The first-order valence-corrected chi connectivity index (χ1v) is 3.48. The monoisotopic (exact) mass is 92.0 g/mol. The molecule has 0 heterocycles. The maximum absolute atomic E-state index is 8.06. The molecule has 0 fully saturated rings. The lowest BCUT2D eigenvalue weighted by Gasteiger charge is -1.85. The van der Waals surface area contributed by atoms with Gasteiger partial charge in [-0.25, -0.2) is 0 Å². The molecule has 0 aromatic heterocycles. The van der Waals surface area contributed by atoms with Crippen LogP contribution in [0.1, 0.15) is 6.92 Å². The van der Waals surface area contributed by atoms with Crippen molar-refractivity contribution in [2.45, 2.75) is 13.0 Å². The summed E-state index contributed by atoms with van der Waals surface area (Å²) in [5, 5.41) is 0. The van der Waals surface area contributed by atoms with Crippen molar-refractivity contribution in [2.75, 3.05) is 0 Å². The Morgan fingerprint density at radius 3 is 1.80 bits per heavy atom. The van der Waals surface area contributed by atoms with Crippen LogP contribution in [0, 0.1) is 0 Å². The Bertz CT molecular complexity index is 21.6. The molecular weight excluding hydrogens is 84.1 g/mol. The summed E-state index contributed by atoms with van der Waals surface area (Å²) in [6.07, 6.45) is 0. The van der Waals surface area contributed by atoms with E-state index < -0.39 is 9.28 Å². The fourth-order valence-corrected chi connectivity index (χ4v) is 0. The van der Waals surface area contributed by atoms with Crippen LogP contribution in [0.5, 0.6) is 0 Å². The molecular formula is C2H8O2Si. The van der Waals surface area contributed by atoms with E-state index in [0.29, 0.717) is 6.04 Å². The summed E-state index contributed by atoms with van der Waals surface area (Å²) in [6.45, 7) is 1.76. The lowest BCUT2D eigenvalue weighted by molar-refractivity contribution is 0.408. The first kappa shape index (κ1) is 5.14. The second-order valence-corrected chi connectivity index (χ2v) is 2.67. The van der Waals surface area contributed by atoms with Gasteiger partial charge in [-0.05, 0) is 6.04 Å². The van der Waals surface area contributed by atoms with Crippen LogP contribution in [0.3, 0.4) is 0 Å². The molecule has 0 aliphatic heterocycles. The highest BCUT2D eigenvalue weighted by atomic mass is 28.3. The first-order valence-electron chi connectivity index (χ1n) is 1.63. The molecule has 0 saturated carbocycles. The molecule has 3 heteroatoms. The number of rotatable bonds is 1. The van der Waals surface area contributed by atoms with E-state index in [-0.39, 0.29) is 0 Å². The van der Waals surface area contributed by atoms with E-state index in [0.717, 1.165) is 0 Å². The standard InChI is InChI=1S/C2H8O2Si/c1-2-5(3)4/h3-5H,2H2,1H3. The average molecular weight is 92.2 g/mol. The largest absolute Gasteiger partial charge is 0.413 e. The molecule has 0 atom stereocenters. The molecule has 5 heavy (non-hydrogen) atoms. The summed E-state index contributed by atoms with van der Waals surface area (Å²) in [7, 11) is -2.15. The van der Waals surface area contributed by atoms with Crippen molar-refractivity contribution in [3.8, 4) is 0 Å². The number of hydrogen-bond acceptors (Lipinski definition) is 2. The lowest BCUT2D eigenvalue weighted by Crippen LogP contribution is -2.06. The van der Waals surface area contributed by atoms with Crippen molar-refractivity contribution in [2.24, 2.45) is 0 Å². The van der Waals surface area contributed by atoms with E-state index in [1.54, 1.807) is 6.92 Å². The highest BCUT2D eigenvalue weighted by Gasteiger charge is 1.90. The van der Waals surface area contributed by atoms with Crippen LogP contribution in [-0.4, -0.2) is 18.9 Å². The van der Waals surface area contributed by atoms with Crippen molar-refractivity contribution < 1.29 is 9.59 Å². The minimum Gasteiger partial charge on any atom is -0.413 e. The third-order valence-corrected chi connectivity index (χ3v) is 1.10. The van der Waals surface area contributed by atoms with Gasteiger partial charge < -0.3 is 9.59 Å². The summed E-state index contributed by atoms with van der Waals surface area (Å²) in [5.74, 6) is 0. The summed E-state index contributed by atoms with van der Waals surface area (Å²) in [4.78, 5) is 16.1. The third kappa shape index (κ3) is 4.14. The van der Waals surface area contributed by atoms with Crippen LogP contribution in [0.2, 0.25) is 6.04 Å². The van der Waals surface area contributed by atoms with Crippen LogP contribution >= 0.6 is 0 Å². The second kappa shape index (κ2) is 2.38. The van der Waals surface area contributed by atoms with E-state index in [2.05, 4.69) is 0 Å². The molecule has 0 aromatic rings. The van der Waals surface area contributed by atoms with Crippen LogP contribution in [0.25, 0.3) is 0 Å². The van der Waals surface area contributed by atoms with Gasteiger partial charge in [-0.3, -0.25) is 0 Å². The van der Waals surface area contributed by atoms with E-state index in [1.807, 2.05) is 0 Å². The van der Waals surface area contributed by atoms with Gasteiger partial charge in [0.2, 0.25) is 0 Å². The highest BCUT2D eigenvalue weighted by Crippen LogP contribution is 1.73. The SMILES string of the molecule is CC[SiH](O)O. The van der Waals surface area contributed by atoms with Gasteiger partial charge in [0.15, 0.2) is 0 Å². The summed E-state index contributed by atoms with van der Waals surface area (Å²) in [6, 6.07) is 0.556. The van der Waals surface area contributed by atoms with Crippen LogP contribution in [0.4, 0.5) is 0 Å². The van der Waals surface area contributed by atoms with Crippen molar-refractivity contribution in [1.29, 1.82) is 0 Å². The normalized spacial score (nSPS) is 9.60. The van der Waals surface area contributed by atoms with E-state index in [1.165, 1.54) is 0 Å². The molecule has 0 saturated heterocycles. The smallest absolute Gasteiger partial charge is 0.315 e. The summed E-state index contributed by atoms with van der Waals surface area (Å²) in [5.41, 5.74) is 0. The van der Waals surface area contributed by atoms with Crippen molar-refractivity contribution in [3.05, 3.63) is 0 Å². The fourth-order valence-electron chi connectivity index (χ4n) is 0. The molecule has 2 N–H and O–H groups in total. The number of hydrogen-bond donors (Lipinski definition) is 2. The maximum atomic E-state index is 8.06. The molecule has 2 nitrogen and oxygen atoms in total. The van der Waals surface area contributed by atoms with Gasteiger partial charge in [0.1, 0.15) is 0 Å². The van der Waals surface area contributed by atoms with E-state index in [9.17, 15) is 0 Å². The summed E-state index contributed by atoms with van der Waals surface area (Å²) < 4.78 is 0. The van der Waals surface area contributed by atoms with Crippen LogP contribution in [0.15, 0.2) is 0 Å². The van der Waals surface area contributed by atoms with Crippen LogP contribution in [-0.2, 0) is 0 Å². The predicted octanol–water partition coefficient (Wildman–Crippen LogP) is -0.789. The Hall–Kier alpha value is 0.137. The van der Waals surface area contributed by atoms with Gasteiger partial charge in [0.05, 0.1) is 0 Å². The van der Waals surface area contributed by atoms with Crippen molar-refractivity contribution in [1.82, 2.24) is 0 Å². The highest BCUT2D eigenvalue weighted by molar-refractivity contribution is 6.40. The molecule has 0 aromatic carbocycles. The molecule has 0 spiro atoms. The second-order valence-electron chi connectivity index (χ2n) is 0.889. The van der Waals surface area contributed by atoms with Crippen molar-refractivity contribution >= 4 is 9.28 Å². The molecule has 0 radical (unpaired) electrons. The van der Waals surface area contributed by atoms with Crippen LogP contribution < -0.4 is 0 Å². The van der Waals surface area contributed by atoms with Gasteiger partial charge in [-0.2, -0.15) is 0 Å². The maximum Gasteiger partial charge on any atom is 0.315 e. The van der Waals surface area contributed by atoms with Gasteiger partial charge in [0.25, 0.3) is 0 Å². The van der Waals surface area contributed by atoms with Gasteiger partial charge in [-0.1, -0.05) is 6.92 Å². The zero-order valence-electron chi connectivity index (χ0n) is 3.18. The molecule has 32 valence electrons. The van der Waals surface area contributed by atoms with Gasteiger partial charge in [0, 0.05) is 0 Å². The van der Waals surface area contributed by atoms with Gasteiger partial charge >= 0.3 is 9.28 Å². The van der Waals surface area contributed by atoms with E-state index >= 15 is 0 Å². The fraction of sp³-hybridized carbons (Fsp3) is 1.00. The molecule has 0 aliphatic rings. The Balaban J connectivity index is 2.54. The zero-order chi connectivity index (χ0) is 4.28. The third-order valence-electron chi connectivity index (χ3n) is 0.365. The topological polar surface area (TPSA) is 40.5 Å². The Labute approximate surface area is 32.9 Å². The quantitative estimate of drug-likeness (QED) is 0.416. The molecule has 0 aliphatic carbocycles.